The molecule has 1 aromatic heterocycles. The van der Waals surface area contributed by atoms with Crippen LogP contribution < -0.4 is 11.3 Å². The van der Waals surface area contributed by atoms with Crippen molar-refractivity contribution in [1.29, 1.82) is 0 Å². The van der Waals surface area contributed by atoms with Crippen LogP contribution in [0.4, 0.5) is 6.01 Å². The Morgan fingerprint density at radius 3 is 3.17 bits per heavy atom. The van der Waals surface area contributed by atoms with Gasteiger partial charge in [0.2, 0.25) is 0 Å². The van der Waals surface area contributed by atoms with E-state index >= 15 is 0 Å². The zero-order valence-electron chi connectivity index (χ0n) is 6.49. The number of rotatable bonds is 2. The number of nitrogen functional groups attached to an aromatic ring is 1. The van der Waals surface area contributed by atoms with Gasteiger partial charge in [-0.1, -0.05) is 5.16 Å². The molecular formula is C6H10N4OS. The van der Waals surface area contributed by atoms with E-state index in [-0.39, 0.29) is 6.01 Å². The van der Waals surface area contributed by atoms with Crippen LogP contribution in [0, 0.1) is 0 Å². The zero-order valence-corrected chi connectivity index (χ0v) is 7.30. The van der Waals surface area contributed by atoms with Gasteiger partial charge in [-0.05, 0) is 18.6 Å². The van der Waals surface area contributed by atoms with Crippen LogP contribution in [0.2, 0.25) is 0 Å². The van der Waals surface area contributed by atoms with Gasteiger partial charge in [-0.15, -0.1) is 0 Å². The number of hydrogen-bond acceptors (Lipinski definition) is 6. The van der Waals surface area contributed by atoms with Gasteiger partial charge in [0, 0.05) is 0 Å². The summed E-state index contributed by atoms with van der Waals surface area (Å²) in [4.78, 5) is 4.08. The van der Waals surface area contributed by atoms with Crippen molar-refractivity contribution in [1.82, 2.24) is 10.1 Å². The predicted molar refractivity (Wildman–Crippen MR) is 46.5 cm³/mol. The summed E-state index contributed by atoms with van der Waals surface area (Å²) in [6.45, 7) is 0. The van der Waals surface area contributed by atoms with Crippen molar-refractivity contribution in [3.8, 4) is 0 Å². The van der Waals surface area contributed by atoms with Crippen LogP contribution in [0.15, 0.2) is 4.52 Å². The highest BCUT2D eigenvalue weighted by atomic mass is 32.2. The number of hydrogen-bond donors (Lipinski definition) is 2. The number of anilines is 1. The molecule has 0 aliphatic carbocycles. The lowest BCUT2D eigenvalue weighted by Gasteiger charge is -1.98. The Morgan fingerprint density at radius 2 is 2.58 bits per heavy atom. The molecule has 1 atom stereocenters. The summed E-state index contributed by atoms with van der Waals surface area (Å²) in [7, 11) is 0. The van der Waals surface area contributed by atoms with E-state index in [0.717, 1.165) is 12.2 Å². The fourth-order valence-electron chi connectivity index (χ4n) is 1.21. The maximum atomic E-state index is 5.11. The Hall–Kier alpha value is -0.750. The van der Waals surface area contributed by atoms with Crippen molar-refractivity contribution in [2.75, 3.05) is 11.2 Å². The van der Waals surface area contributed by atoms with E-state index in [0.29, 0.717) is 5.25 Å². The van der Waals surface area contributed by atoms with Crippen molar-refractivity contribution in [3.63, 3.8) is 0 Å². The molecule has 66 valence electrons. The number of nitrogens with one attached hydrogen (secondary N) is 1. The molecule has 1 fully saturated rings. The molecule has 0 radical (unpaired) electrons. The van der Waals surface area contributed by atoms with E-state index in [1.54, 1.807) is 0 Å². The van der Waals surface area contributed by atoms with Crippen molar-refractivity contribution in [2.24, 2.45) is 5.84 Å². The van der Waals surface area contributed by atoms with Crippen LogP contribution in [-0.2, 0) is 0 Å². The SMILES string of the molecule is NNc1nc(C2CCCS2)no1. The molecule has 6 heteroatoms. The number of nitrogens with zero attached hydrogens (tertiary/aromatic N) is 2. The topological polar surface area (TPSA) is 77.0 Å². The van der Waals surface area contributed by atoms with Gasteiger partial charge < -0.3 is 4.52 Å². The second kappa shape index (κ2) is 3.32. The second-order valence-electron chi connectivity index (χ2n) is 2.60. The Balaban J connectivity index is 2.11. The monoisotopic (exact) mass is 186 g/mol. The van der Waals surface area contributed by atoms with Crippen LogP contribution in [0.3, 0.4) is 0 Å². The second-order valence-corrected chi connectivity index (χ2v) is 3.91. The molecule has 0 bridgehead atoms. The van der Waals surface area contributed by atoms with Gasteiger partial charge in [-0.25, -0.2) is 5.84 Å². The maximum absolute atomic E-state index is 5.11. The van der Waals surface area contributed by atoms with E-state index < -0.39 is 0 Å². The fraction of sp³-hybridized carbons (Fsp3) is 0.667. The van der Waals surface area contributed by atoms with Crippen molar-refractivity contribution >= 4 is 17.8 Å². The fourth-order valence-corrected chi connectivity index (χ4v) is 2.40. The Labute approximate surface area is 74.1 Å². The maximum Gasteiger partial charge on any atom is 0.335 e. The lowest BCUT2D eigenvalue weighted by atomic mass is 10.2. The highest BCUT2D eigenvalue weighted by Crippen LogP contribution is 2.38. The van der Waals surface area contributed by atoms with Crippen LogP contribution in [0.5, 0.6) is 0 Å². The van der Waals surface area contributed by atoms with Crippen LogP contribution >= 0.6 is 11.8 Å². The molecule has 1 unspecified atom stereocenters. The quantitative estimate of drug-likeness (QED) is 0.528. The van der Waals surface area contributed by atoms with Crippen LogP contribution in [-0.4, -0.2) is 15.9 Å². The average Bonchev–Trinajstić information content (AvgIpc) is 2.75. The highest BCUT2D eigenvalue weighted by molar-refractivity contribution is 7.99. The minimum atomic E-state index is 0.289. The number of nitrogens with two attached hydrogens (primary N) is 1. The molecule has 2 rings (SSSR count). The molecule has 0 saturated carbocycles. The summed E-state index contributed by atoms with van der Waals surface area (Å²) in [5.74, 6) is 7.05. The lowest BCUT2D eigenvalue weighted by Crippen LogP contribution is -2.06. The van der Waals surface area contributed by atoms with Gasteiger partial charge in [-0.3, -0.25) is 5.43 Å². The van der Waals surface area contributed by atoms with Gasteiger partial charge in [0.15, 0.2) is 5.82 Å². The first kappa shape index (κ1) is 7.88. The lowest BCUT2D eigenvalue weighted by molar-refractivity contribution is 0.422. The molecule has 1 saturated heterocycles. The first-order chi connectivity index (χ1) is 5.90. The summed E-state index contributed by atoms with van der Waals surface area (Å²) < 4.78 is 4.82. The Morgan fingerprint density at radius 1 is 1.67 bits per heavy atom. The third kappa shape index (κ3) is 1.39. The number of aromatic nitrogens is 2. The predicted octanol–water partition coefficient (Wildman–Crippen LogP) is 0.923. The molecule has 1 aromatic rings. The standard InChI is InChI=1S/C6H10N4OS/c7-9-6-8-5(10-11-6)4-2-1-3-12-4/h4H,1-3,7H2,(H,8,9,10). The first-order valence-corrected chi connectivity index (χ1v) is 4.87. The van der Waals surface area contributed by atoms with Gasteiger partial charge in [0.05, 0.1) is 5.25 Å². The molecule has 5 nitrogen and oxygen atoms in total. The van der Waals surface area contributed by atoms with Crippen molar-refractivity contribution in [3.05, 3.63) is 5.82 Å². The summed E-state index contributed by atoms with van der Waals surface area (Å²) in [5.41, 5.74) is 2.32. The molecule has 1 aliphatic rings. The van der Waals surface area contributed by atoms with E-state index in [9.17, 15) is 0 Å². The third-order valence-electron chi connectivity index (χ3n) is 1.78. The molecule has 3 N–H and O–H groups in total. The highest BCUT2D eigenvalue weighted by Gasteiger charge is 2.22. The number of thioether (sulfide) groups is 1. The average molecular weight is 186 g/mol. The number of hydrazine groups is 1. The molecule has 12 heavy (non-hydrogen) atoms. The van der Waals surface area contributed by atoms with Gasteiger partial charge >= 0.3 is 6.01 Å². The largest absolute Gasteiger partial charge is 0.335 e. The van der Waals surface area contributed by atoms with Gasteiger partial charge in [0.25, 0.3) is 0 Å². The minimum absolute atomic E-state index is 0.289. The summed E-state index contributed by atoms with van der Waals surface area (Å²) in [6.07, 6.45) is 2.36. The van der Waals surface area contributed by atoms with Crippen molar-refractivity contribution < 1.29 is 4.52 Å². The normalized spacial score (nSPS) is 22.9. The first-order valence-electron chi connectivity index (χ1n) is 3.82. The van der Waals surface area contributed by atoms with E-state index in [4.69, 9.17) is 10.4 Å². The Kier molecular flexibility index (Phi) is 2.18. The molecule has 2 heterocycles. The Bertz CT molecular complexity index is 258. The molecular weight excluding hydrogens is 176 g/mol. The third-order valence-corrected chi connectivity index (χ3v) is 3.16. The summed E-state index contributed by atoms with van der Waals surface area (Å²) >= 11 is 1.87. The van der Waals surface area contributed by atoms with E-state index in [1.807, 2.05) is 11.8 Å². The molecule has 1 aliphatic heterocycles. The van der Waals surface area contributed by atoms with Gasteiger partial charge in [-0.2, -0.15) is 16.7 Å². The minimum Gasteiger partial charge on any atom is -0.314 e. The molecule has 0 spiro atoms. The van der Waals surface area contributed by atoms with Gasteiger partial charge in [0.1, 0.15) is 0 Å². The summed E-state index contributed by atoms with van der Waals surface area (Å²) in [5, 5.41) is 4.22. The molecule has 0 amide bonds. The smallest absolute Gasteiger partial charge is 0.314 e. The zero-order chi connectivity index (χ0) is 8.39. The van der Waals surface area contributed by atoms with E-state index in [2.05, 4.69) is 15.6 Å². The summed E-state index contributed by atoms with van der Waals surface area (Å²) in [6, 6.07) is 0.289. The van der Waals surface area contributed by atoms with E-state index in [1.165, 1.54) is 12.2 Å². The van der Waals surface area contributed by atoms with Crippen molar-refractivity contribution in [2.45, 2.75) is 18.1 Å². The molecule has 0 aromatic carbocycles. The van der Waals surface area contributed by atoms with Crippen LogP contribution in [0.25, 0.3) is 0 Å². The van der Waals surface area contributed by atoms with Crippen LogP contribution in [0.1, 0.15) is 23.9 Å².